The Kier molecular flexibility index (Phi) is 6.80. The van der Waals surface area contributed by atoms with E-state index in [1.165, 1.54) is 64.6 Å². The van der Waals surface area contributed by atoms with Crippen molar-refractivity contribution in [3.8, 4) is 22.9 Å². The second-order valence-corrected chi connectivity index (χ2v) is 16.4. The van der Waals surface area contributed by atoms with E-state index in [1.54, 1.807) is 0 Å². The van der Waals surface area contributed by atoms with Gasteiger partial charge >= 0.3 is 0 Å². The summed E-state index contributed by atoms with van der Waals surface area (Å²) in [6, 6.07) is 74.8. The number of hydrogen-bond acceptors (Lipinski definition) is 2. The smallest absolute Gasteiger partial charge is 0.235 e. The Morgan fingerprint density at radius 2 is 0.806 bits per heavy atom. The Morgan fingerprint density at radius 1 is 0.274 bits per heavy atom. The second kappa shape index (κ2) is 12.6. The highest BCUT2D eigenvalue weighted by atomic mass is 15.2. The van der Waals surface area contributed by atoms with Gasteiger partial charge in [0, 0.05) is 49.0 Å². The molecule has 0 aliphatic carbocycles. The third-order valence-electron chi connectivity index (χ3n) is 13.3. The van der Waals surface area contributed by atoms with E-state index < -0.39 is 0 Å². The molecule has 3 aromatic heterocycles. The number of aromatic nitrogens is 4. The molecule has 0 saturated carbocycles. The van der Waals surface area contributed by atoms with Gasteiger partial charge in [-0.15, -0.1) is 0 Å². The zero-order valence-corrected chi connectivity index (χ0v) is 33.4. The molecule has 0 fully saturated rings. The maximum Gasteiger partial charge on any atom is 0.235 e. The minimum atomic E-state index is 0.646. The van der Waals surface area contributed by atoms with Gasteiger partial charge in [0.15, 0.2) is 0 Å². The molecule has 0 radical (unpaired) electrons. The van der Waals surface area contributed by atoms with Gasteiger partial charge in [-0.05, 0) is 85.6 Å². The molecule has 0 amide bonds. The van der Waals surface area contributed by atoms with Crippen molar-refractivity contribution in [3.05, 3.63) is 206 Å². The molecule has 0 aliphatic heterocycles. The Morgan fingerprint density at radius 3 is 1.60 bits per heavy atom. The predicted molar refractivity (Wildman–Crippen MR) is 261 cm³/mol. The third kappa shape index (κ3) is 4.50. The Hall–Kier alpha value is -8.34. The third-order valence-corrected chi connectivity index (χ3v) is 13.3. The van der Waals surface area contributed by atoms with E-state index in [-0.39, 0.29) is 0 Å². The van der Waals surface area contributed by atoms with Crippen LogP contribution in [0.25, 0.3) is 131 Å². The molecule has 4 nitrogen and oxygen atoms in total. The van der Waals surface area contributed by atoms with Gasteiger partial charge in [-0.2, -0.15) is 0 Å². The monoisotopic (exact) mass is 786 g/mol. The van der Waals surface area contributed by atoms with Crippen LogP contribution in [0.15, 0.2) is 206 Å². The molecule has 0 unspecified atom stereocenters. The first-order valence-electron chi connectivity index (χ1n) is 21.3. The lowest BCUT2D eigenvalue weighted by Crippen LogP contribution is -2.04. The topological polar surface area (TPSA) is 35.6 Å². The van der Waals surface area contributed by atoms with Crippen LogP contribution in [-0.2, 0) is 0 Å². The van der Waals surface area contributed by atoms with Crippen LogP contribution in [0.1, 0.15) is 0 Å². The normalized spacial score (nSPS) is 12.2. The molecule has 14 rings (SSSR count). The van der Waals surface area contributed by atoms with Gasteiger partial charge in [-0.25, -0.2) is 9.97 Å². The van der Waals surface area contributed by atoms with Crippen LogP contribution in [0.3, 0.4) is 0 Å². The average Bonchev–Trinajstić information content (AvgIpc) is 3.87. The van der Waals surface area contributed by atoms with E-state index in [0.29, 0.717) is 5.95 Å². The first-order chi connectivity index (χ1) is 30.8. The van der Waals surface area contributed by atoms with Crippen LogP contribution in [0.5, 0.6) is 0 Å². The number of fused-ring (bicyclic) bond motifs is 18. The number of benzene rings is 11. The number of para-hydroxylation sites is 2. The molecule has 4 heteroatoms. The maximum atomic E-state index is 5.77. The first kappa shape index (κ1) is 33.5. The summed E-state index contributed by atoms with van der Waals surface area (Å²) in [4.78, 5) is 11.4. The highest BCUT2D eigenvalue weighted by Gasteiger charge is 2.24. The minimum Gasteiger partial charge on any atom is -0.309 e. The molecule has 0 saturated heterocycles. The van der Waals surface area contributed by atoms with Crippen LogP contribution >= 0.6 is 0 Å². The van der Waals surface area contributed by atoms with Gasteiger partial charge in [-0.3, -0.25) is 4.57 Å². The molecule has 0 N–H and O–H groups in total. The van der Waals surface area contributed by atoms with Crippen molar-refractivity contribution in [3.63, 3.8) is 0 Å². The van der Waals surface area contributed by atoms with Crippen LogP contribution in [0, 0.1) is 0 Å². The molecule has 62 heavy (non-hydrogen) atoms. The molecule has 0 spiro atoms. The highest BCUT2D eigenvalue weighted by molar-refractivity contribution is 6.38. The van der Waals surface area contributed by atoms with Gasteiger partial charge in [0.2, 0.25) is 5.95 Å². The van der Waals surface area contributed by atoms with E-state index in [9.17, 15) is 0 Å². The van der Waals surface area contributed by atoms with E-state index >= 15 is 0 Å². The van der Waals surface area contributed by atoms with Crippen molar-refractivity contribution in [2.45, 2.75) is 0 Å². The second-order valence-electron chi connectivity index (χ2n) is 16.4. The van der Waals surface area contributed by atoms with Crippen molar-refractivity contribution in [1.29, 1.82) is 0 Å². The number of nitrogens with zero attached hydrogens (tertiary/aromatic N) is 4. The lowest BCUT2D eigenvalue weighted by Gasteiger charge is -2.15. The molecule has 0 atom stereocenters. The zero-order chi connectivity index (χ0) is 40.5. The van der Waals surface area contributed by atoms with Gasteiger partial charge in [0.05, 0.1) is 33.3 Å². The molecular weight excluding hydrogens is 753 g/mol. The number of rotatable bonds is 3. The zero-order valence-electron chi connectivity index (χ0n) is 33.4. The van der Waals surface area contributed by atoms with Crippen LogP contribution < -0.4 is 0 Å². The Bertz CT molecular complexity index is 4180. The molecule has 0 bridgehead atoms. The molecule has 0 aliphatic rings. The summed E-state index contributed by atoms with van der Waals surface area (Å²) in [6.45, 7) is 0. The van der Waals surface area contributed by atoms with Crippen molar-refractivity contribution >= 4 is 108 Å². The summed E-state index contributed by atoms with van der Waals surface area (Å²) in [5.41, 5.74) is 8.49. The van der Waals surface area contributed by atoms with E-state index in [0.717, 1.165) is 60.7 Å². The Labute approximate surface area is 355 Å². The molecule has 286 valence electrons. The summed E-state index contributed by atoms with van der Waals surface area (Å²) in [5.74, 6) is 0.646. The summed E-state index contributed by atoms with van der Waals surface area (Å²) < 4.78 is 4.71. The standard InChI is InChI=1S/C58H34N4/c1-2-17-37(18-3-1)61-48-27-13-12-25-45(48)52-46(26-14-28-49(52)61)57-47-31-29-36-16-5-7-20-39(36)56(47)59-58(60-57)62-50-33-30-35-15-4-6-19-38(35)54(50)55-51(62)34-32-44-42-23-9-8-21-40(42)41-22-10-11-24-43(41)53(44)55/h1-34H. The van der Waals surface area contributed by atoms with Gasteiger partial charge < -0.3 is 4.57 Å². The summed E-state index contributed by atoms with van der Waals surface area (Å²) in [5, 5.41) is 18.0. The first-order valence-corrected chi connectivity index (χ1v) is 21.3. The maximum absolute atomic E-state index is 5.77. The van der Waals surface area contributed by atoms with Crippen molar-refractivity contribution < 1.29 is 0 Å². The molecule has 14 aromatic rings. The van der Waals surface area contributed by atoms with Crippen LogP contribution in [0.2, 0.25) is 0 Å². The largest absolute Gasteiger partial charge is 0.309 e. The van der Waals surface area contributed by atoms with E-state index in [4.69, 9.17) is 9.97 Å². The fraction of sp³-hybridized carbons (Fsp3) is 0. The summed E-state index contributed by atoms with van der Waals surface area (Å²) >= 11 is 0. The summed E-state index contributed by atoms with van der Waals surface area (Å²) in [6.07, 6.45) is 0. The van der Waals surface area contributed by atoms with E-state index in [2.05, 4.69) is 215 Å². The van der Waals surface area contributed by atoms with Crippen LogP contribution in [0.4, 0.5) is 0 Å². The number of hydrogen-bond donors (Lipinski definition) is 0. The van der Waals surface area contributed by atoms with Gasteiger partial charge in [-0.1, -0.05) is 164 Å². The Balaban J connectivity index is 1.18. The van der Waals surface area contributed by atoms with Crippen molar-refractivity contribution in [2.75, 3.05) is 0 Å². The van der Waals surface area contributed by atoms with E-state index in [1.807, 2.05) is 0 Å². The molecular formula is C58H34N4. The van der Waals surface area contributed by atoms with Crippen molar-refractivity contribution in [1.82, 2.24) is 19.1 Å². The van der Waals surface area contributed by atoms with Crippen LogP contribution in [-0.4, -0.2) is 19.1 Å². The molecule has 11 aromatic carbocycles. The summed E-state index contributed by atoms with van der Waals surface area (Å²) in [7, 11) is 0. The lowest BCUT2D eigenvalue weighted by molar-refractivity contribution is 1.02. The average molecular weight is 787 g/mol. The molecule has 3 heterocycles. The fourth-order valence-corrected chi connectivity index (χ4v) is 10.7. The minimum absolute atomic E-state index is 0.646. The predicted octanol–water partition coefficient (Wildman–Crippen LogP) is 15.3. The SMILES string of the molecule is c1ccc(-n2c3ccccc3c3c(-c4nc(-n5c6ccc7ccccc7c6c6c7c8ccccc8c8ccccc8c7ccc65)nc5c4ccc4ccccc45)cccc32)cc1. The van der Waals surface area contributed by atoms with Gasteiger partial charge in [0.1, 0.15) is 0 Å². The lowest BCUT2D eigenvalue weighted by atomic mass is 9.91. The fourth-order valence-electron chi connectivity index (χ4n) is 10.7. The highest BCUT2D eigenvalue weighted by Crippen LogP contribution is 2.46. The van der Waals surface area contributed by atoms with Crippen molar-refractivity contribution in [2.24, 2.45) is 0 Å². The quantitative estimate of drug-likeness (QED) is 0.167. The van der Waals surface area contributed by atoms with Gasteiger partial charge in [0.25, 0.3) is 0 Å².